The van der Waals surface area contributed by atoms with E-state index in [-0.39, 0.29) is 12.0 Å². The Balaban J connectivity index is 1.60. The van der Waals surface area contributed by atoms with Crippen molar-refractivity contribution in [2.75, 3.05) is 6.61 Å². The van der Waals surface area contributed by atoms with Crippen LogP contribution in [-0.2, 0) is 32.0 Å². The Morgan fingerprint density at radius 3 is 2.46 bits per heavy atom. The van der Waals surface area contributed by atoms with E-state index in [0.29, 0.717) is 0 Å². The first-order valence-corrected chi connectivity index (χ1v) is 12.9. The van der Waals surface area contributed by atoms with Gasteiger partial charge in [-0.15, -0.1) is 0 Å². The van der Waals surface area contributed by atoms with Gasteiger partial charge >= 0.3 is 21.3 Å². The molecule has 0 spiro atoms. The standard InChI is InChI=1S/C16H24N2O15P2/c1-6-4-18(16(24)17-14(6)23)10-3-8(19)9(31-10)5-29-34(25,26)33-35(27,28)32-15-13(22)12(21)11(20)7(2)30-15/h4,7-10,13,15,19-22H,3,5H2,1-2H3,(H,25,26)(H,27,28)(H,17,23,24)/t7-,8+,9-,10-,13-,15-/m1/s1. The van der Waals surface area contributed by atoms with Crippen molar-refractivity contribution in [1.82, 2.24) is 9.55 Å². The summed E-state index contributed by atoms with van der Waals surface area (Å²) in [7, 11) is -10.8. The molecule has 0 bridgehead atoms. The largest absolute Gasteiger partial charge is 0.506 e. The van der Waals surface area contributed by atoms with Gasteiger partial charge < -0.3 is 39.7 Å². The summed E-state index contributed by atoms with van der Waals surface area (Å²) >= 11 is 0. The molecule has 2 unspecified atom stereocenters. The molecule has 1 aromatic heterocycles. The SMILES string of the molecule is Cc1cn([C@H]2C[C@H](O)[C@@H](COP(=O)(O)OP(=O)(O)O[C@H]3O[C@H](C)C(O)=C(O)[C@H]3O)O2)c(=O)[nH]c1=O. The lowest BCUT2D eigenvalue weighted by molar-refractivity contribution is -0.187. The molecule has 8 atom stereocenters. The lowest BCUT2D eigenvalue weighted by Gasteiger charge is -2.31. The van der Waals surface area contributed by atoms with Crippen LogP contribution in [0.2, 0.25) is 0 Å². The Bertz CT molecular complexity index is 1190. The van der Waals surface area contributed by atoms with E-state index >= 15 is 0 Å². The molecule has 1 aromatic rings. The maximum absolute atomic E-state index is 12.1. The third-order valence-electron chi connectivity index (χ3n) is 5.03. The lowest BCUT2D eigenvalue weighted by atomic mass is 10.1. The Hall–Kier alpha value is -1.88. The summed E-state index contributed by atoms with van der Waals surface area (Å²) in [5.74, 6) is -1.76. The van der Waals surface area contributed by atoms with Crippen LogP contribution in [0, 0.1) is 6.92 Å². The minimum absolute atomic E-state index is 0.156. The second-order valence-electron chi connectivity index (χ2n) is 7.69. The number of H-pyrrole nitrogens is 1. The van der Waals surface area contributed by atoms with Crippen molar-refractivity contribution in [3.05, 3.63) is 44.1 Å². The van der Waals surface area contributed by atoms with Crippen molar-refractivity contribution in [3.8, 4) is 0 Å². The molecule has 1 fully saturated rings. The van der Waals surface area contributed by atoms with E-state index in [9.17, 15) is 48.9 Å². The van der Waals surface area contributed by atoms with Gasteiger partial charge in [0.05, 0.1) is 12.7 Å². The Labute approximate surface area is 196 Å². The summed E-state index contributed by atoms with van der Waals surface area (Å²) < 4.78 is 48.8. The van der Waals surface area contributed by atoms with E-state index in [2.05, 4.69) is 18.3 Å². The molecular weight excluding hydrogens is 522 g/mol. The van der Waals surface area contributed by atoms with Gasteiger partial charge in [-0.25, -0.2) is 13.9 Å². The molecule has 2 aliphatic heterocycles. The summed E-state index contributed by atoms with van der Waals surface area (Å²) in [4.78, 5) is 45.1. The maximum Gasteiger partial charge on any atom is 0.483 e. The predicted molar refractivity (Wildman–Crippen MR) is 111 cm³/mol. The van der Waals surface area contributed by atoms with E-state index in [1.54, 1.807) is 0 Å². The molecule has 7 N–H and O–H groups in total. The molecule has 0 amide bonds. The van der Waals surface area contributed by atoms with Crippen molar-refractivity contribution in [3.63, 3.8) is 0 Å². The zero-order chi connectivity index (χ0) is 26.3. The first-order valence-electron chi connectivity index (χ1n) is 9.91. The van der Waals surface area contributed by atoms with Crippen molar-refractivity contribution in [2.45, 2.75) is 57.2 Å². The van der Waals surface area contributed by atoms with Crippen molar-refractivity contribution in [1.29, 1.82) is 0 Å². The van der Waals surface area contributed by atoms with Gasteiger partial charge in [-0.3, -0.25) is 23.4 Å². The van der Waals surface area contributed by atoms with Gasteiger partial charge in [0.2, 0.25) is 6.29 Å². The van der Waals surface area contributed by atoms with Gasteiger partial charge in [0.25, 0.3) is 5.56 Å². The number of aliphatic hydroxyl groups excluding tert-OH is 4. The number of hydrogen-bond acceptors (Lipinski definition) is 13. The van der Waals surface area contributed by atoms with E-state index in [0.717, 1.165) is 4.57 Å². The fourth-order valence-corrected chi connectivity index (χ4v) is 5.37. The highest BCUT2D eigenvalue weighted by atomic mass is 31.3. The normalized spacial score (nSPS) is 32.9. The van der Waals surface area contributed by atoms with Gasteiger partial charge in [-0.2, -0.15) is 4.31 Å². The zero-order valence-electron chi connectivity index (χ0n) is 18.2. The Morgan fingerprint density at radius 2 is 1.80 bits per heavy atom. The average Bonchev–Trinajstić information content (AvgIpc) is 3.11. The molecule has 0 aromatic carbocycles. The quantitative estimate of drug-likeness (QED) is 0.197. The minimum atomic E-state index is -5.47. The molecule has 198 valence electrons. The summed E-state index contributed by atoms with van der Waals surface area (Å²) in [6.45, 7) is 1.81. The Kier molecular flexibility index (Phi) is 8.10. The van der Waals surface area contributed by atoms with E-state index in [1.807, 2.05) is 0 Å². The average molecular weight is 546 g/mol. The van der Waals surface area contributed by atoms with E-state index in [4.69, 9.17) is 9.47 Å². The highest BCUT2D eigenvalue weighted by molar-refractivity contribution is 7.61. The lowest BCUT2D eigenvalue weighted by Crippen LogP contribution is -2.41. The number of rotatable bonds is 8. The van der Waals surface area contributed by atoms with Gasteiger partial charge in [-0.1, -0.05) is 0 Å². The topological polar surface area (TPSA) is 257 Å². The first-order chi connectivity index (χ1) is 16.1. The molecule has 2 aliphatic rings. The van der Waals surface area contributed by atoms with Gasteiger partial charge in [0.15, 0.2) is 17.6 Å². The van der Waals surface area contributed by atoms with Crippen LogP contribution >= 0.6 is 15.6 Å². The van der Waals surface area contributed by atoms with Gasteiger partial charge in [0, 0.05) is 18.2 Å². The molecule has 3 rings (SSSR count). The molecule has 1 saturated heterocycles. The van der Waals surface area contributed by atoms with Crippen LogP contribution in [0.1, 0.15) is 25.1 Å². The fraction of sp³-hybridized carbons (Fsp3) is 0.625. The number of aliphatic hydroxyl groups is 4. The molecular formula is C16H24N2O15P2. The number of phosphoric ester groups is 2. The van der Waals surface area contributed by atoms with Gasteiger partial charge in [0.1, 0.15) is 18.4 Å². The zero-order valence-corrected chi connectivity index (χ0v) is 19.9. The van der Waals surface area contributed by atoms with Crippen molar-refractivity contribution in [2.24, 2.45) is 0 Å². The molecule has 3 heterocycles. The summed E-state index contributed by atoms with van der Waals surface area (Å²) in [6, 6.07) is 0. The molecule has 35 heavy (non-hydrogen) atoms. The number of phosphoric acid groups is 2. The molecule has 0 radical (unpaired) electrons. The second kappa shape index (κ2) is 10.2. The number of hydrogen-bond donors (Lipinski definition) is 7. The van der Waals surface area contributed by atoms with Crippen LogP contribution in [0.15, 0.2) is 27.3 Å². The number of aromatic amines is 1. The minimum Gasteiger partial charge on any atom is -0.506 e. The summed E-state index contributed by atoms with van der Waals surface area (Å²) in [6.07, 6.45) is -8.02. The maximum atomic E-state index is 12.1. The fourth-order valence-electron chi connectivity index (χ4n) is 3.22. The van der Waals surface area contributed by atoms with Crippen LogP contribution in [0.3, 0.4) is 0 Å². The van der Waals surface area contributed by atoms with E-state index in [1.165, 1.54) is 20.0 Å². The second-order valence-corrected chi connectivity index (χ2v) is 10.7. The van der Waals surface area contributed by atoms with Crippen LogP contribution in [0.4, 0.5) is 0 Å². The first kappa shape index (κ1) is 27.7. The highest BCUT2D eigenvalue weighted by Crippen LogP contribution is 2.61. The number of aryl methyl sites for hydroxylation is 1. The number of nitrogens with zero attached hydrogens (tertiary/aromatic N) is 1. The number of nitrogens with one attached hydrogen (secondary N) is 1. The summed E-state index contributed by atoms with van der Waals surface area (Å²) in [5.41, 5.74) is -1.23. The molecule has 19 heteroatoms. The predicted octanol–water partition coefficient (Wildman–Crippen LogP) is -0.823. The third kappa shape index (κ3) is 6.47. The number of aromatic nitrogens is 2. The monoisotopic (exact) mass is 546 g/mol. The molecule has 0 aliphatic carbocycles. The highest BCUT2D eigenvalue weighted by Gasteiger charge is 2.45. The molecule has 0 saturated carbocycles. The van der Waals surface area contributed by atoms with Crippen LogP contribution < -0.4 is 11.2 Å². The van der Waals surface area contributed by atoms with Crippen LogP contribution in [0.5, 0.6) is 0 Å². The number of ether oxygens (including phenoxy) is 2. The van der Waals surface area contributed by atoms with Crippen LogP contribution in [-0.4, -0.2) is 77.1 Å². The molecule has 17 nitrogen and oxygen atoms in total. The van der Waals surface area contributed by atoms with Gasteiger partial charge in [-0.05, 0) is 13.8 Å². The Morgan fingerprint density at radius 1 is 1.14 bits per heavy atom. The smallest absolute Gasteiger partial charge is 0.483 e. The van der Waals surface area contributed by atoms with Crippen molar-refractivity contribution >= 4 is 15.6 Å². The summed E-state index contributed by atoms with van der Waals surface area (Å²) in [5, 5.41) is 39.0. The third-order valence-corrected chi connectivity index (χ3v) is 7.63. The van der Waals surface area contributed by atoms with E-state index < -0.39 is 82.0 Å². The van der Waals surface area contributed by atoms with Crippen molar-refractivity contribution < 1.29 is 62.2 Å². The van der Waals surface area contributed by atoms with Crippen LogP contribution in [0.25, 0.3) is 0 Å².